The molecule has 1 aromatic rings. The Balaban J connectivity index is 1.98. The van der Waals surface area contributed by atoms with Gasteiger partial charge < -0.3 is 21.1 Å². The number of hydrogen-bond donors (Lipinski definition) is 2. The maximum absolute atomic E-state index is 6.69. The summed E-state index contributed by atoms with van der Waals surface area (Å²) < 4.78 is 5.40. The number of rotatable bonds is 6. The van der Waals surface area contributed by atoms with E-state index in [4.69, 9.17) is 26.2 Å². The van der Waals surface area contributed by atoms with Gasteiger partial charge in [0.2, 0.25) is 0 Å². The predicted octanol–water partition coefficient (Wildman–Crippen LogP) is 2.39. The zero-order valence-corrected chi connectivity index (χ0v) is 16.2. The summed E-state index contributed by atoms with van der Waals surface area (Å²) in [5.41, 5.74) is 15.0. The number of methoxy groups -OCH3 is 1. The van der Waals surface area contributed by atoms with Gasteiger partial charge in [0.15, 0.2) is 5.82 Å². The average molecular weight is 358 g/mol. The van der Waals surface area contributed by atoms with Gasteiger partial charge in [0, 0.05) is 37.5 Å². The Bertz CT molecular complexity index is 714. The summed E-state index contributed by atoms with van der Waals surface area (Å²) in [6.07, 6.45) is 8.74. The van der Waals surface area contributed by atoms with Crippen molar-refractivity contribution in [2.75, 3.05) is 25.2 Å². The van der Waals surface area contributed by atoms with Gasteiger partial charge >= 0.3 is 0 Å². The molecule has 0 spiro atoms. The number of hydrogen-bond acceptors (Lipinski definition) is 6. The molecule has 1 fully saturated rings. The molecule has 1 aromatic heterocycles. The number of aromatic nitrogens is 2. The third-order valence-corrected chi connectivity index (χ3v) is 5.34. The number of nitrogens with two attached hydrogens (primary N) is 2. The summed E-state index contributed by atoms with van der Waals surface area (Å²) in [6, 6.07) is 2.47. The molecule has 2 heterocycles. The number of anilines is 1. The lowest BCUT2D eigenvalue weighted by Gasteiger charge is -2.31. The molecule has 26 heavy (non-hydrogen) atoms. The Hall–Kier alpha value is -1.92. The van der Waals surface area contributed by atoms with Crippen molar-refractivity contribution in [2.24, 2.45) is 11.5 Å². The Morgan fingerprint density at radius 3 is 2.88 bits per heavy atom. The molecule has 6 nitrogen and oxygen atoms in total. The van der Waals surface area contributed by atoms with Crippen LogP contribution < -0.4 is 16.4 Å². The van der Waals surface area contributed by atoms with Crippen molar-refractivity contribution in [3.8, 4) is 0 Å². The summed E-state index contributed by atoms with van der Waals surface area (Å²) in [5, 5.41) is 0. The topological polar surface area (TPSA) is 90.3 Å². The first kappa shape index (κ1) is 18.9. The van der Waals surface area contributed by atoms with Crippen LogP contribution in [0.4, 0.5) is 5.82 Å². The summed E-state index contributed by atoms with van der Waals surface area (Å²) in [6.45, 7) is 5.87. The van der Waals surface area contributed by atoms with Gasteiger partial charge in [-0.3, -0.25) is 0 Å². The van der Waals surface area contributed by atoms with Gasteiger partial charge in [-0.25, -0.2) is 9.97 Å². The molecular weight excluding hydrogens is 326 g/mol. The van der Waals surface area contributed by atoms with Gasteiger partial charge in [0.25, 0.3) is 0 Å². The normalized spacial score (nSPS) is 26.0. The van der Waals surface area contributed by atoms with Crippen LogP contribution >= 0.6 is 0 Å². The van der Waals surface area contributed by atoms with E-state index >= 15 is 0 Å². The number of allylic oxidation sites excluding steroid dienone is 2. The molecule has 6 heteroatoms. The smallest absolute Gasteiger partial charge is 0.155 e. The molecule has 1 aliphatic heterocycles. The fraction of sp³-hybridized carbons (Fsp3) is 0.600. The van der Waals surface area contributed by atoms with Crippen LogP contribution in [0.15, 0.2) is 29.5 Å². The Morgan fingerprint density at radius 2 is 2.19 bits per heavy atom. The van der Waals surface area contributed by atoms with Gasteiger partial charge in [-0.1, -0.05) is 25.5 Å². The Morgan fingerprint density at radius 1 is 1.38 bits per heavy atom. The van der Waals surface area contributed by atoms with Gasteiger partial charge in [0.05, 0.1) is 12.6 Å². The third kappa shape index (κ3) is 3.76. The number of aryl methyl sites for hydroxylation is 1. The van der Waals surface area contributed by atoms with E-state index in [9.17, 15) is 0 Å². The van der Waals surface area contributed by atoms with E-state index in [-0.39, 0.29) is 0 Å². The lowest BCUT2D eigenvalue weighted by atomic mass is 9.87. The number of nitrogens with zero attached hydrogens (tertiary/aromatic N) is 3. The molecule has 0 amide bonds. The second-order valence-electron chi connectivity index (χ2n) is 7.49. The molecule has 0 aromatic carbocycles. The fourth-order valence-corrected chi connectivity index (χ4v) is 3.77. The van der Waals surface area contributed by atoms with Crippen LogP contribution in [0.1, 0.15) is 51.0 Å². The van der Waals surface area contributed by atoms with E-state index in [0.717, 1.165) is 55.0 Å². The maximum Gasteiger partial charge on any atom is 0.155 e. The van der Waals surface area contributed by atoms with Gasteiger partial charge in [-0.05, 0) is 31.8 Å². The van der Waals surface area contributed by atoms with Crippen LogP contribution in [0.3, 0.4) is 0 Å². The highest BCUT2D eigenvalue weighted by Gasteiger charge is 2.33. The predicted molar refractivity (Wildman–Crippen MR) is 105 cm³/mol. The molecule has 3 rings (SSSR count). The lowest BCUT2D eigenvalue weighted by Crippen LogP contribution is -2.41. The largest absolute Gasteiger partial charge is 0.402 e. The van der Waals surface area contributed by atoms with Crippen molar-refractivity contribution in [1.29, 1.82) is 0 Å². The molecule has 2 aliphatic rings. The minimum Gasteiger partial charge on any atom is -0.402 e. The van der Waals surface area contributed by atoms with E-state index in [1.54, 1.807) is 7.11 Å². The molecule has 2 unspecified atom stereocenters. The van der Waals surface area contributed by atoms with Crippen molar-refractivity contribution in [3.63, 3.8) is 0 Å². The highest BCUT2D eigenvalue weighted by atomic mass is 16.5. The first-order chi connectivity index (χ1) is 12.5. The maximum atomic E-state index is 6.69. The van der Waals surface area contributed by atoms with Crippen molar-refractivity contribution in [1.82, 2.24) is 9.97 Å². The van der Waals surface area contributed by atoms with E-state index in [0.29, 0.717) is 24.9 Å². The molecule has 0 saturated carbocycles. The lowest BCUT2D eigenvalue weighted by molar-refractivity contribution is 0.180. The van der Waals surface area contributed by atoms with Crippen LogP contribution in [-0.4, -0.2) is 36.3 Å². The molecule has 2 atom stereocenters. The Labute approximate surface area is 156 Å². The molecule has 0 bridgehead atoms. The van der Waals surface area contributed by atoms with Gasteiger partial charge in [-0.2, -0.15) is 0 Å². The first-order valence-electron chi connectivity index (χ1n) is 9.54. The van der Waals surface area contributed by atoms with Gasteiger partial charge in [0.1, 0.15) is 11.4 Å². The van der Waals surface area contributed by atoms with E-state index in [2.05, 4.69) is 17.9 Å². The first-order valence-corrected chi connectivity index (χ1v) is 9.54. The summed E-state index contributed by atoms with van der Waals surface area (Å²) >= 11 is 0. The Kier molecular flexibility index (Phi) is 5.63. The van der Waals surface area contributed by atoms with Crippen molar-refractivity contribution in [3.05, 3.63) is 41.0 Å². The zero-order valence-electron chi connectivity index (χ0n) is 16.2. The van der Waals surface area contributed by atoms with Gasteiger partial charge in [-0.15, -0.1) is 0 Å². The molecule has 4 N–H and O–H groups in total. The second kappa shape index (κ2) is 7.76. The highest BCUT2D eigenvalue weighted by molar-refractivity contribution is 5.45. The van der Waals surface area contributed by atoms with Crippen molar-refractivity contribution >= 4 is 5.82 Å². The monoisotopic (exact) mass is 357 g/mol. The third-order valence-electron chi connectivity index (χ3n) is 5.34. The van der Waals surface area contributed by atoms with Crippen LogP contribution in [0.5, 0.6) is 0 Å². The average Bonchev–Trinajstić information content (AvgIpc) is 3.07. The fourth-order valence-electron chi connectivity index (χ4n) is 3.77. The van der Waals surface area contributed by atoms with Crippen molar-refractivity contribution in [2.45, 2.75) is 57.5 Å². The SMILES string of the molecule is CCCc1cc(N2CCCC2COC)nc(C2(N)C=CC(C)=C(N)C2)n1. The molecular formula is C20H31N5O. The van der Waals surface area contributed by atoms with Crippen LogP contribution in [0, 0.1) is 0 Å². The molecule has 1 saturated heterocycles. The molecule has 0 radical (unpaired) electrons. The summed E-state index contributed by atoms with van der Waals surface area (Å²) in [7, 11) is 1.75. The second-order valence-corrected chi connectivity index (χ2v) is 7.49. The summed E-state index contributed by atoms with van der Waals surface area (Å²) in [5.74, 6) is 1.62. The molecule has 1 aliphatic carbocycles. The highest BCUT2D eigenvalue weighted by Crippen LogP contribution is 2.32. The standard InChI is InChI=1S/C20H31N5O/c1-4-6-15-11-18(25-10-5-7-16(25)13-26-3)24-19(23-15)20(22)9-8-14(2)17(21)12-20/h8-9,11,16H,4-7,10,12-13,21-22H2,1-3H3. The molecule has 142 valence electrons. The minimum absolute atomic E-state index is 0.361. The minimum atomic E-state index is -0.751. The van der Waals surface area contributed by atoms with E-state index in [1.165, 1.54) is 0 Å². The van der Waals surface area contributed by atoms with Crippen LogP contribution in [0.2, 0.25) is 0 Å². The number of ether oxygens (including phenoxy) is 1. The van der Waals surface area contributed by atoms with Crippen LogP contribution in [0.25, 0.3) is 0 Å². The van der Waals surface area contributed by atoms with Crippen LogP contribution in [-0.2, 0) is 16.7 Å². The zero-order chi connectivity index (χ0) is 18.7. The van der Waals surface area contributed by atoms with E-state index < -0.39 is 5.54 Å². The summed E-state index contributed by atoms with van der Waals surface area (Å²) in [4.78, 5) is 12.0. The van der Waals surface area contributed by atoms with E-state index in [1.807, 2.05) is 19.1 Å². The quantitative estimate of drug-likeness (QED) is 0.812. The van der Waals surface area contributed by atoms with Crippen molar-refractivity contribution < 1.29 is 4.74 Å².